The first-order chi connectivity index (χ1) is 5.69. The molecule has 0 aromatic rings. The van der Waals surface area contributed by atoms with E-state index >= 15 is 0 Å². The largest absolute Gasteiger partial charge is 0.393 e. The Balaban J connectivity index is 2.44. The van der Waals surface area contributed by atoms with Crippen LogP contribution in [-0.2, 0) is 0 Å². The molecule has 1 aliphatic carbocycles. The third kappa shape index (κ3) is 2.20. The Labute approximate surface area is 75.2 Å². The average Bonchev–Trinajstić information content (AvgIpc) is 2.06. The molecule has 0 aromatic heterocycles. The van der Waals surface area contributed by atoms with Crippen molar-refractivity contribution in [1.29, 1.82) is 0 Å². The van der Waals surface area contributed by atoms with Crippen molar-refractivity contribution in [3.8, 4) is 0 Å². The van der Waals surface area contributed by atoms with Gasteiger partial charge in [-0.3, -0.25) is 0 Å². The van der Waals surface area contributed by atoms with Crippen molar-refractivity contribution in [3.63, 3.8) is 0 Å². The van der Waals surface area contributed by atoms with E-state index in [4.69, 9.17) is 5.73 Å². The fourth-order valence-electron chi connectivity index (χ4n) is 2.20. The zero-order valence-corrected chi connectivity index (χ0v) is 8.05. The van der Waals surface area contributed by atoms with Crippen LogP contribution in [0, 0.1) is 5.41 Å². The third-order valence-electron chi connectivity index (χ3n) is 3.24. The number of aliphatic hydroxyl groups excluding tert-OH is 1. The lowest BCUT2D eigenvalue weighted by Gasteiger charge is -2.37. The molecule has 0 saturated heterocycles. The molecule has 1 aliphatic rings. The van der Waals surface area contributed by atoms with Gasteiger partial charge in [0.15, 0.2) is 0 Å². The number of rotatable bonds is 3. The Bertz CT molecular complexity index is 130. The number of aliphatic hydroxyl groups is 1. The van der Waals surface area contributed by atoms with Gasteiger partial charge in [-0.25, -0.2) is 0 Å². The van der Waals surface area contributed by atoms with Crippen molar-refractivity contribution < 1.29 is 5.11 Å². The Morgan fingerprint density at radius 2 is 1.92 bits per heavy atom. The second-order valence-corrected chi connectivity index (χ2v) is 4.31. The summed E-state index contributed by atoms with van der Waals surface area (Å²) in [6.45, 7) is 2.81. The fraction of sp³-hybridized carbons (Fsp3) is 1.00. The molecule has 0 bridgehead atoms. The van der Waals surface area contributed by atoms with Crippen molar-refractivity contribution >= 4 is 0 Å². The number of hydrogen-bond acceptors (Lipinski definition) is 2. The number of hydrogen-bond donors (Lipinski definition) is 2. The monoisotopic (exact) mass is 171 g/mol. The summed E-state index contributed by atoms with van der Waals surface area (Å²) in [4.78, 5) is 0. The van der Waals surface area contributed by atoms with Crippen LogP contribution in [0.15, 0.2) is 0 Å². The van der Waals surface area contributed by atoms with E-state index in [1.54, 1.807) is 0 Å². The molecule has 0 aromatic carbocycles. The Hall–Kier alpha value is -0.0800. The summed E-state index contributed by atoms with van der Waals surface area (Å²) in [5, 5.41) is 9.85. The highest BCUT2D eigenvalue weighted by molar-refractivity contribution is 4.85. The summed E-state index contributed by atoms with van der Waals surface area (Å²) in [6, 6.07) is 0. The van der Waals surface area contributed by atoms with E-state index in [1.807, 2.05) is 0 Å². The van der Waals surface area contributed by atoms with E-state index in [2.05, 4.69) is 6.92 Å². The molecule has 1 saturated carbocycles. The summed E-state index contributed by atoms with van der Waals surface area (Å²) in [5.74, 6) is 0. The summed E-state index contributed by atoms with van der Waals surface area (Å²) < 4.78 is 0. The molecule has 0 amide bonds. The summed E-state index contributed by atoms with van der Waals surface area (Å²) in [5.41, 5.74) is 5.60. The molecule has 1 atom stereocenters. The van der Waals surface area contributed by atoms with Gasteiger partial charge in [0, 0.05) is 0 Å². The third-order valence-corrected chi connectivity index (χ3v) is 3.24. The summed E-state index contributed by atoms with van der Waals surface area (Å²) in [6.07, 6.45) is 6.82. The van der Waals surface area contributed by atoms with Gasteiger partial charge in [0.05, 0.1) is 6.10 Å². The van der Waals surface area contributed by atoms with Crippen LogP contribution in [0.5, 0.6) is 0 Å². The van der Waals surface area contributed by atoms with Gasteiger partial charge < -0.3 is 10.8 Å². The van der Waals surface area contributed by atoms with Crippen molar-refractivity contribution in [2.24, 2.45) is 11.1 Å². The van der Waals surface area contributed by atoms with Crippen molar-refractivity contribution in [2.45, 2.75) is 51.6 Å². The highest BCUT2D eigenvalue weighted by atomic mass is 16.3. The molecule has 1 rings (SSSR count). The van der Waals surface area contributed by atoms with Gasteiger partial charge in [0.25, 0.3) is 0 Å². The van der Waals surface area contributed by atoms with E-state index in [-0.39, 0.29) is 11.5 Å². The Morgan fingerprint density at radius 3 is 2.42 bits per heavy atom. The fourth-order valence-corrected chi connectivity index (χ4v) is 2.20. The molecule has 2 nitrogen and oxygen atoms in total. The van der Waals surface area contributed by atoms with Gasteiger partial charge in [0.2, 0.25) is 0 Å². The molecule has 1 fully saturated rings. The van der Waals surface area contributed by atoms with Crippen LogP contribution >= 0.6 is 0 Å². The van der Waals surface area contributed by atoms with Crippen LogP contribution in [0.3, 0.4) is 0 Å². The normalized spacial score (nSPS) is 25.2. The van der Waals surface area contributed by atoms with Crippen LogP contribution in [-0.4, -0.2) is 17.8 Å². The second kappa shape index (κ2) is 4.24. The molecule has 2 heteroatoms. The molecule has 0 aliphatic heterocycles. The molecule has 12 heavy (non-hydrogen) atoms. The minimum atomic E-state index is -0.178. The van der Waals surface area contributed by atoms with E-state index in [0.717, 1.165) is 6.42 Å². The van der Waals surface area contributed by atoms with E-state index in [0.29, 0.717) is 6.54 Å². The molecule has 72 valence electrons. The minimum Gasteiger partial charge on any atom is -0.393 e. The first kappa shape index (κ1) is 10.0. The first-order valence-electron chi connectivity index (χ1n) is 5.07. The topological polar surface area (TPSA) is 46.2 Å². The van der Waals surface area contributed by atoms with Crippen LogP contribution in [0.2, 0.25) is 0 Å². The highest BCUT2D eigenvalue weighted by Gasteiger charge is 2.33. The van der Waals surface area contributed by atoms with Gasteiger partial charge in [-0.2, -0.15) is 0 Å². The Morgan fingerprint density at radius 1 is 1.33 bits per heavy atom. The zero-order valence-electron chi connectivity index (χ0n) is 8.05. The smallest absolute Gasteiger partial charge is 0.0605 e. The predicted molar refractivity (Wildman–Crippen MR) is 50.9 cm³/mol. The molecule has 0 spiro atoms. The van der Waals surface area contributed by atoms with E-state index < -0.39 is 0 Å². The van der Waals surface area contributed by atoms with Crippen molar-refractivity contribution in [2.75, 3.05) is 6.54 Å². The molecule has 0 heterocycles. The highest BCUT2D eigenvalue weighted by Crippen LogP contribution is 2.39. The lowest BCUT2D eigenvalue weighted by molar-refractivity contribution is 0.00602. The minimum absolute atomic E-state index is 0.164. The van der Waals surface area contributed by atoms with Gasteiger partial charge in [0.1, 0.15) is 0 Å². The summed E-state index contributed by atoms with van der Waals surface area (Å²) >= 11 is 0. The van der Waals surface area contributed by atoms with Gasteiger partial charge in [-0.05, 0) is 31.2 Å². The standard InChI is InChI=1S/C10H21NO/c1-10(9(12)5-8-11)6-3-2-4-7-10/h9,12H,2-8,11H2,1H3. The van der Waals surface area contributed by atoms with Crippen LogP contribution in [0.4, 0.5) is 0 Å². The van der Waals surface area contributed by atoms with Crippen molar-refractivity contribution in [3.05, 3.63) is 0 Å². The van der Waals surface area contributed by atoms with Gasteiger partial charge in [-0.1, -0.05) is 26.2 Å². The van der Waals surface area contributed by atoms with Gasteiger partial charge in [-0.15, -0.1) is 0 Å². The van der Waals surface area contributed by atoms with Gasteiger partial charge >= 0.3 is 0 Å². The quantitative estimate of drug-likeness (QED) is 0.678. The maximum atomic E-state index is 9.85. The molecule has 3 N–H and O–H groups in total. The second-order valence-electron chi connectivity index (χ2n) is 4.31. The van der Waals surface area contributed by atoms with Crippen molar-refractivity contribution in [1.82, 2.24) is 0 Å². The van der Waals surface area contributed by atoms with Crippen LogP contribution in [0.1, 0.15) is 45.4 Å². The zero-order chi connectivity index (χ0) is 9.03. The lowest BCUT2D eigenvalue weighted by atomic mass is 9.71. The molecule has 0 radical (unpaired) electrons. The predicted octanol–water partition coefficient (Wildman–Crippen LogP) is 1.67. The maximum absolute atomic E-state index is 9.85. The SMILES string of the molecule is CC1(C(O)CCN)CCCCC1. The van der Waals surface area contributed by atoms with E-state index in [9.17, 15) is 5.11 Å². The summed E-state index contributed by atoms with van der Waals surface area (Å²) in [7, 11) is 0. The molecular formula is C10H21NO. The molecular weight excluding hydrogens is 150 g/mol. The Kier molecular flexibility index (Phi) is 3.53. The molecule has 1 unspecified atom stereocenters. The number of nitrogens with two attached hydrogens (primary N) is 1. The maximum Gasteiger partial charge on any atom is 0.0605 e. The lowest BCUT2D eigenvalue weighted by Crippen LogP contribution is -2.35. The van der Waals surface area contributed by atoms with Crippen LogP contribution < -0.4 is 5.73 Å². The van der Waals surface area contributed by atoms with E-state index in [1.165, 1.54) is 32.1 Å². The van der Waals surface area contributed by atoms with Crippen LogP contribution in [0.25, 0.3) is 0 Å². The first-order valence-corrected chi connectivity index (χ1v) is 5.07. The average molecular weight is 171 g/mol.